The molecule has 0 aliphatic carbocycles. The number of nitrogen functional groups attached to an aromatic ring is 1. The van der Waals surface area contributed by atoms with Gasteiger partial charge in [0.05, 0.1) is 42.6 Å². The number of urea groups is 1. The van der Waals surface area contributed by atoms with Gasteiger partial charge < -0.3 is 41.3 Å². The van der Waals surface area contributed by atoms with Gasteiger partial charge in [-0.15, -0.1) is 0 Å². The molecule has 0 unspecified atom stereocenters. The summed E-state index contributed by atoms with van der Waals surface area (Å²) in [5.74, 6) is -0.567. The van der Waals surface area contributed by atoms with Gasteiger partial charge in [0.1, 0.15) is 11.9 Å². The lowest BCUT2D eigenvalue weighted by atomic mass is 10.0. The number of carbonyl (C=O) groups is 4. The van der Waals surface area contributed by atoms with E-state index >= 15 is 0 Å². The normalized spacial score (nSPS) is 16.6. The molecule has 286 valence electrons. The van der Waals surface area contributed by atoms with E-state index in [0.717, 1.165) is 12.1 Å². The van der Waals surface area contributed by atoms with Crippen molar-refractivity contribution in [1.29, 1.82) is 0 Å². The molecule has 1 aliphatic heterocycles. The summed E-state index contributed by atoms with van der Waals surface area (Å²) in [6.45, 7) is 3.60. The maximum absolute atomic E-state index is 13.6. The molecule has 6 N–H and O–H groups in total. The maximum atomic E-state index is 13.6. The molecule has 53 heavy (non-hydrogen) atoms. The van der Waals surface area contributed by atoms with Crippen LogP contribution in [0.15, 0.2) is 66.7 Å². The molecule has 4 rings (SSSR count). The van der Waals surface area contributed by atoms with Crippen LogP contribution in [-0.4, -0.2) is 77.5 Å². The van der Waals surface area contributed by atoms with E-state index in [1.165, 1.54) is 24.1 Å². The number of halogens is 3. The summed E-state index contributed by atoms with van der Waals surface area (Å²) in [7, 11) is 1.52. The first kappa shape index (κ1) is 40.5. The summed E-state index contributed by atoms with van der Waals surface area (Å²) in [6, 6.07) is 15.0. The fraction of sp³-hybridized carbons (Fsp3) is 0.421. The van der Waals surface area contributed by atoms with Gasteiger partial charge in [0, 0.05) is 49.3 Å². The molecule has 0 bridgehead atoms. The van der Waals surface area contributed by atoms with Crippen molar-refractivity contribution in [2.45, 2.75) is 70.7 Å². The van der Waals surface area contributed by atoms with Gasteiger partial charge in [-0.2, -0.15) is 13.2 Å². The number of para-hydroxylation sites is 2. The van der Waals surface area contributed by atoms with E-state index in [4.69, 9.17) is 10.5 Å². The number of nitrogens with one attached hydrogen (secondary N) is 3. The number of benzene rings is 3. The van der Waals surface area contributed by atoms with Crippen molar-refractivity contribution in [2.24, 2.45) is 5.92 Å². The van der Waals surface area contributed by atoms with Crippen molar-refractivity contribution in [3.8, 4) is 5.75 Å². The van der Waals surface area contributed by atoms with Crippen LogP contribution in [0, 0.1) is 5.92 Å². The molecule has 3 aromatic rings. The lowest BCUT2D eigenvalue weighted by Crippen LogP contribution is -2.48. The summed E-state index contributed by atoms with van der Waals surface area (Å²) in [5, 5.41) is 18.2. The first-order chi connectivity index (χ1) is 25.1. The second-order valence-electron chi connectivity index (χ2n) is 13.3. The number of nitrogens with two attached hydrogens (primary N) is 1. The molecule has 0 radical (unpaired) electrons. The lowest BCUT2D eigenvalue weighted by molar-refractivity contribution is -0.137. The molecular weight excluding hydrogens is 693 g/mol. The highest BCUT2D eigenvalue weighted by atomic mass is 19.4. The van der Waals surface area contributed by atoms with Crippen molar-refractivity contribution in [2.75, 3.05) is 48.4 Å². The number of carbonyl (C=O) groups excluding carboxylic acids is 4. The van der Waals surface area contributed by atoms with Crippen molar-refractivity contribution in [3.63, 3.8) is 0 Å². The van der Waals surface area contributed by atoms with Gasteiger partial charge >= 0.3 is 12.2 Å². The maximum Gasteiger partial charge on any atom is 0.416 e. The summed E-state index contributed by atoms with van der Waals surface area (Å²) in [5.41, 5.74) is 7.23. The number of unbranched alkanes of at least 4 members (excludes halogenated alkanes) is 2. The van der Waals surface area contributed by atoms with Gasteiger partial charge in [-0.1, -0.05) is 25.5 Å². The summed E-state index contributed by atoms with van der Waals surface area (Å²) in [4.78, 5) is 54.6. The molecule has 3 aromatic carbocycles. The van der Waals surface area contributed by atoms with E-state index in [0.29, 0.717) is 54.1 Å². The average Bonchev–Trinajstić information content (AvgIpc) is 3.15. The Hall–Kier alpha value is -5.31. The molecule has 1 heterocycles. The van der Waals surface area contributed by atoms with Crippen molar-refractivity contribution in [1.82, 2.24) is 9.80 Å². The number of amides is 5. The Bertz CT molecular complexity index is 1740. The van der Waals surface area contributed by atoms with E-state index in [1.807, 2.05) is 6.92 Å². The third-order valence-corrected chi connectivity index (χ3v) is 9.01. The number of rotatable bonds is 13. The highest BCUT2D eigenvalue weighted by Crippen LogP contribution is 2.31. The standard InChI is InChI=1S/C38H47F3N6O6/c1-24-21-47(25(2)23-48)36(51)20-26-19-29(43-34(49)11-5-4-6-12-35(50)45-31-10-8-7-9-30(31)42)17-18-32(26)53-33(24)22-46(3)37(52)44-28-15-13-27(14-16-28)38(39,40)41/h7-10,13-19,24-25,33,48H,4-6,11-12,20-23,42H2,1-3H3,(H,43,49)(H,44,52)(H,45,50)/t24-,25-,33+/m0/s1. The zero-order valence-electron chi connectivity index (χ0n) is 30.0. The van der Waals surface area contributed by atoms with Crippen molar-refractivity contribution in [3.05, 3.63) is 77.9 Å². The quantitative estimate of drug-likeness (QED) is 0.104. The first-order valence-corrected chi connectivity index (χ1v) is 17.5. The van der Waals surface area contributed by atoms with Gasteiger partial charge in [-0.05, 0) is 74.4 Å². The molecular formula is C38H47F3N6O6. The van der Waals surface area contributed by atoms with Crippen LogP contribution in [0.3, 0.4) is 0 Å². The highest BCUT2D eigenvalue weighted by Gasteiger charge is 2.33. The molecule has 3 atom stereocenters. The third-order valence-electron chi connectivity index (χ3n) is 9.01. The predicted molar refractivity (Wildman–Crippen MR) is 196 cm³/mol. The van der Waals surface area contributed by atoms with Crippen LogP contribution >= 0.6 is 0 Å². The Balaban J connectivity index is 1.38. The van der Waals surface area contributed by atoms with E-state index in [9.17, 15) is 37.5 Å². The Labute approximate surface area is 306 Å². The van der Waals surface area contributed by atoms with Crippen molar-refractivity contribution >= 4 is 46.5 Å². The van der Waals surface area contributed by atoms with Crippen LogP contribution in [0.25, 0.3) is 0 Å². The molecule has 1 aliphatic rings. The number of alkyl halides is 3. The molecule has 0 aromatic heterocycles. The Kier molecular flexibility index (Phi) is 14.1. The van der Waals surface area contributed by atoms with E-state index in [2.05, 4.69) is 16.0 Å². The fourth-order valence-corrected chi connectivity index (χ4v) is 5.83. The largest absolute Gasteiger partial charge is 0.488 e. The van der Waals surface area contributed by atoms with E-state index in [1.54, 1.807) is 54.3 Å². The molecule has 12 nitrogen and oxygen atoms in total. The minimum Gasteiger partial charge on any atom is -0.488 e. The monoisotopic (exact) mass is 740 g/mol. The minimum atomic E-state index is -4.50. The smallest absolute Gasteiger partial charge is 0.416 e. The number of aliphatic hydroxyl groups is 1. The number of fused-ring (bicyclic) bond motifs is 1. The number of aliphatic hydroxyl groups excluding tert-OH is 1. The van der Waals surface area contributed by atoms with Crippen LogP contribution in [0.1, 0.15) is 57.1 Å². The lowest BCUT2D eigenvalue weighted by Gasteiger charge is -2.34. The number of hydrogen-bond acceptors (Lipinski definition) is 7. The van der Waals surface area contributed by atoms with Gasteiger partial charge in [-0.3, -0.25) is 14.4 Å². The Morgan fingerprint density at radius 2 is 1.60 bits per heavy atom. The molecule has 0 saturated carbocycles. The average molecular weight is 741 g/mol. The molecule has 5 amide bonds. The zero-order valence-corrected chi connectivity index (χ0v) is 30.0. The first-order valence-electron chi connectivity index (χ1n) is 17.5. The van der Waals surface area contributed by atoms with Crippen LogP contribution in [0.4, 0.5) is 40.7 Å². The highest BCUT2D eigenvalue weighted by molar-refractivity contribution is 5.94. The number of ether oxygens (including phenoxy) is 1. The number of anilines is 4. The van der Waals surface area contributed by atoms with Gasteiger partial charge in [0.15, 0.2) is 0 Å². The van der Waals surface area contributed by atoms with Crippen LogP contribution in [0.2, 0.25) is 0 Å². The SMILES string of the molecule is C[C@H]1CN([C@@H](C)CO)C(=O)Cc2cc(NC(=O)CCCCCC(=O)Nc3ccccc3N)ccc2O[C@@H]1CN(C)C(=O)Nc1ccc(C(F)(F)F)cc1. The summed E-state index contributed by atoms with van der Waals surface area (Å²) in [6.07, 6.45) is -2.87. The molecule has 0 saturated heterocycles. The Morgan fingerprint density at radius 1 is 0.962 bits per heavy atom. The predicted octanol–water partition coefficient (Wildman–Crippen LogP) is 6.13. The second-order valence-corrected chi connectivity index (χ2v) is 13.3. The minimum absolute atomic E-state index is 0.0586. The fourth-order valence-electron chi connectivity index (χ4n) is 5.83. The van der Waals surface area contributed by atoms with Gasteiger partial charge in [0.25, 0.3) is 0 Å². The van der Waals surface area contributed by atoms with Crippen LogP contribution in [0.5, 0.6) is 5.75 Å². The van der Waals surface area contributed by atoms with E-state index < -0.39 is 29.9 Å². The molecule has 0 spiro atoms. The second kappa shape index (κ2) is 18.4. The third kappa shape index (κ3) is 11.9. The topological polar surface area (TPSA) is 166 Å². The van der Waals surface area contributed by atoms with Gasteiger partial charge in [0.2, 0.25) is 17.7 Å². The van der Waals surface area contributed by atoms with E-state index in [-0.39, 0.29) is 61.9 Å². The van der Waals surface area contributed by atoms with Crippen molar-refractivity contribution < 1.29 is 42.2 Å². The zero-order chi connectivity index (χ0) is 38.7. The summed E-state index contributed by atoms with van der Waals surface area (Å²) < 4.78 is 45.4. The van der Waals surface area contributed by atoms with Crippen LogP contribution in [-0.2, 0) is 27.0 Å². The summed E-state index contributed by atoms with van der Waals surface area (Å²) >= 11 is 0. The van der Waals surface area contributed by atoms with Gasteiger partial charge in [-0.25, -0.2) is 4.79 Å². The number of hydrogen-bond donors (Lipinski definition) is 5. The number of likely N-dealkylation sites (N-methyl/N-ethyl adjacent to an activating group) is 1. The number of nitrogens with zero attached hydrogens (tertiary/aromatic N) is 2. The van der Waals surface area contributed by atoms with Crippen LogP contribution < -0.4 is 26.4 Å². The Morgan fingerprint density at radius 3 is 2.25 bits per heavy atom. The molecule has 15 heteroatoms. The molecule has 0 fully saturated rings.